The average Bonchev–Trinajstić information content (AvgIpc) is 2.18. The second kappa shape index (κ2) is 7.33. The SMILES string of the molecule is CC(C)(C)OC(=O)NC[C@H](CO)NC(=O)OC(C)(C)C. The molecule has 0 rings (SSSR count). The first-order valence-corrected chi connectivity index (χ1v) is 6.50. The summed E-state index contributed by atoms with van der Waals surface area (Å²) in [5.74, 6) is 0. The fourth-order valence-electron chi connectivity index (χ4n) is 1.16. The number of alkyl carbamates (subject to hydrolysis) is 2. The van der Waals surface area contributed by atoms with E-state index >= 15 is 0 Å². The number of aliphatic hydroxyl groups excluding tert-OH is 1. The Balaban J connectivity index is 4.17. The molecule has 7 nitrogen and oxygen atoms in total. The third-order valence-corrected chi connectivity index (χ3v) is 1.83. The quantitative estimate of drug-likeness (QED) is 0.727. The molecule has 0 aliphatic heterocycles. The highest BCUT2D eigenvalue weighted by Gasteiger charge is 2.21. The van der Waals surface area contributed by atoms with Crippen molar-refractivity contribution in [2.45, 2.75) is 58.8 Å². The van der Waals surface area contributed by atoms with Crippen LogP contribution in [0.25, 0.3) is 0 Å². The van der Waals surface area contributed by atoms with Gasteiger partial charge in [-0.3, -0.25) is 0 Å². The standard InChI is InChI=1S/C13H26N2O5/c1-12(2,3)19-10(17)14-7-9(8-16)15-11(18)20-13(4,5)6/h9,16H,7-8H2,1-6H3,(H,14,17)(H,15,18)/t9-/m1/s1. The first kappa shape index (κ1) is 18.5. The maximum absolute atomic E-state index is 11.5. The maximum atomic E-state index is 11.5. The highest BCUT2D eigenvalue weighted by atomic mass is 16.6. The smallest absolute Gasteiger partial charge is 0.408 e. The second-order valence-corrected chi connectivity index (χ2v) is 6.41. The lowest BCUT2D eigenvalue weighted by molar-refractivity contribution is 0.0442. The van der Waals surface area contributed by atoms with Crippen LogP contribution in [-0.2, 0) is 9.47 Å². The summed E-state index contributed by atoms with van der Waals surface area (Å²) < 4.78 is 10.1. The largest absolute Gasteiger partial charge is 0.444 e. The van der Waals surface area contributed by atoms with Crippen LogP contribution in [0.2, 0.25) is 0 Å². The number of hydrogen-bond acceptors (Lipinski definition) is 5. The van der Waals surface area contributed by atoms with E-state index in [0.29, 0.717) is 0 Å². The van der Waals surface area contributed by atoms with Gasteiger partial charge in [-0.25, -0.2) is 9.59 Å². The number of aliphatic hydroxyl groups is 1. The van der Waals surface area contributed by atoms with Gasteiger partial charge in [-0.2, -0.15) is 0 Å². The van der Waals surface area contributed by atoms with Crippen molar-refractivity contribution in [3.05, 3.63) is 0 Å². The molecule has 118 valence electrons. The summed E-state index contributed by atoms with van der Waals surface area (Å²) in [6.45, 7) is 10.2. The van der Waals surface area contributed by atoms with E-state index in [2.05, 4.69) is 10.6 Å². The summed E-state index contributed by atoms with van der Waals surface area (Å²) in [6, 6.07) is -0.641. The number of amides is 2. The predicted molar refractivity (Wildman–Crippen MR) is 74.5 cm³/mol. The van der Waals surface area contributed by atoms with E-state index in [1.807, 2.05) is 0 Å². The van der Waals surface area contributed by atoms with Crippen LogP contribution in [0.1, 0.15) is 41.5 Å². The molecule has 3 N–H and O–H groups in total. The van der Waals surface area contributed by atoms with Crippen LogP contribution in [0.3, 0.4) is 0 Å². The number of carbonyl (C=O) groups excluding carboxylic acids is 2. The van der Waals surface area contributed by atoms with Crippen LogP contribution in [0.4, 0.5) is 9.59 Å². The fraction of sp³-hybridized carbons (Fsp3) is 0.846. The van der Waals surface area contributed by atoms with Gasteiger partial charge in [0.25, 0.3) is 0 Å². The third kappa shape index (κ3) is 10.4. The van der Waals surface area contributed by atoms with Crippen molar-refractivity contribution >= 4 is 12.2 Å². The summed E-state index contributed by atoms with van der Waals surface area (Å²) >= 11 is 0. The monoisotopic (exact) mass is 290 g/mol. The van der Waals surface area contributed by atoms with Crippen LogP contribution in [0, 0.1) is 0 Å². The van der Waals surface area contributed by atoms with Crippen molar-refractivity contribution in [1.29, 1.82) is 0 Å². The van der Waals surface area contributed by atoms with Crippen LogP contribution in [-0.4, -0.2) is 47.7 Å². The highest BCUT2D eigenvalue weighted by molar-refractivity contribution is 5.69. The summed E-state index contributed by atoms with van der Waals surface area (Å²) in [7, 11) is 0. The molecule has 0 fully saturated rings. The molecule has 0 aromatic heterocycles. The first-order chi connectivity index (χ1) is 8.93. The Labute approximate surface area is 120 Å². The van der Waals surface area contributed by atoms with Gasteiger partial charge in [0.2, 0.25) is 0 Å². The molecular formula is C13H26N2O5. The number of nitrogens with one attached hydrogen (secondary N) is 2. The van der Waals surface area contributed by atoms with Crippen LogP contribution < -0.4 is 10.6 Å². The normalized spacial score (nSPS) is 13.3. The van der Waals surface area contributed by atoms with E-state index < -0.39 is 29.4 Å². The Kier molecular flexibility index (Phi) is 6.78. The molecule has 0 aromatic rings. The zero-order valence-corrected chi connectivity index (χ0v) is 13.1. The summed E-state index contributed by atoms with van der Waals surface area (Å²) in [5.41, 5.74) is -1.22. The highest BCUT2D eigenvalue weighted by Crippen LogP contribution is 2.07. The molecule has 1 atom stereocenters. The third-order valence-electron chi connectivity index (χ3n) is 1.83. The minimum atomic E-state index is -0.650. The Bertz CT molecular complexity index is 331. The Hall–Kier alpha value is -1.50. The zero-order valence-electron chi connectivity index (χ0n) is 13.1. The Morgan fingerprint density at radius 3 is 1.85 bits per heavy atom. The summed E-state index contributed by atoms with van der Waals surface area (Å²) in [5, 5.41) is 14.1. The Morgan fingerprint density at radius 2 is 1.45 bits per heavy atom. The second-order valence-electron chi connectivity index (χ2n) is 6.41. The van der Waals surface area contributed by atoms with Crippen molar-refractivity contribution in [2.24, 2.45) is 0 Å². The molecule has 0 saturated heterocycles. The lowest BCUT2D eigenvalue weighted by Gasteiger charge is -2.24. The average molecular weight is 290 g/mol. The number of hydrogen-bond donors (Lipinski definition) is 3. The van der Waals surface area contributed by atoms with Crippen LogP contribution in [0.5, 0.6) is 0 Å². The molecule has 0 bridgehead atoms. The van der Waals surface area contributed by atoms with E-state index in [4.69, 9.17) is 14.6 Å². The van der Waals surface area contributed by atoms with E-state index in [9.17, 15) is 9.59 Å². The van der Waals surface area contributed by atoms with Gasteiger partial charge < -0.3 is 25.2 Å². The Morgan fingerprint density at radius 1 is 1.00 bits per heavy atom. The van der Waals surface area contributed by atoms with Crippen LogP contribution >= 0.6 is 0 Å². The lowest BCUT2D eigenvalue weighted by atomic mass is 10.2. The van der Waals surface area contributed by atoms with Gasteiger partial charge in [0.15, 0.2) is 0 Å². The molecule has 0 heterocycles. The van der Waals surface area contributed by atoms with E-state index in [-0.39, 0.29) is 13.2 Å². The molecule has 0 aliphatic rings. The maximum Gasteiger partial charge on any atom is 0.408 e. The van der Waals surface area contributed by atoms with Gasteiger partial charge in [-0.15, -0.1) is 0 Å². The van der Waals surface area contributed by atoms with Gasteiger partial charge in [-0.1, -0.05) is 0 Å². The molecule has 0 spiro atoms. The van der Waals surface area contributed by atoms with Gasteiger partial charge >= 0.3 is 12.2 Å². The summed E-state index contributed by atoms with van der Waals surface area (Å²) in [6.07, 6.45) is -1.26. The first-order valence-electron chi connectivity index (χ1n) is 6.50. The van der Waals surface area contributed by atoms with Crippen molar-refractivity contribution in [1.82, 2.24) is 10.6 Å². The number of rotatable bonds is 4. The van der Waals surface area contributed by atoms with Crippen molar-refractivity contribution in [2.75, 3.05) is 13.2 Å². The molecule has 0 unspecified atom stereocenters. The molecule has 0 aromatic carbocycles. The zero-order chi connectivity index (χ0) is 16.0. The van der Waals surface area contributed by atoms with Crippen molar-refractivity contribution < 1.29 is 24.2 Å². The van der Waals surface area contributed by atoms with Gasteiger partial charge in [0, 0.05) is 6.54 Å². The van der Waals surface area contributed by atoms with E-state index in [1.165, 1.54) is 0 Å². The summed E-state index contributed by atoms with van der Waals surface area (Å²) in [4.78, 5) is 22.9. The molecular weight excluding hydrogens is 264 g/mol. The van der Waals surface area contributed by atoms with Gasteiger partial charge in [0.1, 0.15) is 11.2 Å². The topological polar surface area (TPSA) is 96.9 Å². The fourth-order valence-corrected chi connectivity index (χ4v) is 1.16. The minimum Gasteiger partial charge on any atom is -0.444 e. The van der Waals surface area contributed by atoms with Gasteiger partial charge in [-0.05, 0) is 41.5 Å². The molecule has 7 heteroatoms. The van der Waals surface area contributed by atoms with Crippen molar-refractivity contribution in [3.8, 4) is 0 Å². The lowest BCUT2D eigenvalue weighted by Crippen LogP contribution is -2.48. The predicted octanol–water partition coefficient (Wildman–Crippen LogP) is 1.40. The molecule has 0 aliphatic carbocycles. The van der Waals surface area contributed by atoms with E-state index in [1.54, 1.807) is 41.5 Å². The van der Waals surface area contributed by atoms with Crippen LogP contribution in [0.15, 0.2) is 0 Å². The van der Waals surface area contributed by atoms with E-state index in [0.717, 1.165) is 0 Å². The molecule has 20 heavy (non-hydrogen) atoms. The van der Waals surface area contributed by atoms with Gasteiger partial charge in [0.05, 0.1) is 12.6 Å². The number of ether oxygens (including phenoxy) is 2. The molecule has 0 saturated carbocycles. The molecule has 0 radical (unpaired) electrons. The molecule has 2 amide bonds. The van der Waals surface area contributed by atoms with Crippen molar-refractivity contribution in [3.63, 3.8) is 0 Å². The number of carbonyl (C=O) groups is 2. The minimum absolute atomic E-state index is 0.0463.